The Morgan fingerprint density at radius 3 is 2.50 bits per heavy atom. The molecule has 3 amide bonds. The Morgan fingerprint density at radius 1 is 1.58 bits per heavy atom. The molecule has 0 atom stereocenters. The van der Waals surface area contributed by atoms with Crippen LogP contribution in [-0.4, -0.2) is 28.9 Å². The van der Waals surface area contributed by atoms with E-state index in [9.17, 15) is 9.59 Å². The summed E-state index contributed by atoms with van der Waals surface area (Å²) in [6, 6.07) is 1.34. The van der Waals surface area contributed by atoms with E-state index >= 15 is 0 Å². The molecule has 1 fully saturated rings. The van der Waals surface area contributed by atoms with Crippen LogP contribution in [-0.2, 0) is 4.79 Å². The quantitative estimate of drug-likeness (QED) is 0.435. The maximum absolute atomic E-state index is 11.1. The minimum Gasteiger partial charge on any atom is -0.297 e. The van der Waals surface area contributed by atoms with Gasteiger partial charge in [0.1, 0.15) is 12.1 Å². The molecule has 5 nitrogen and oxygen atoms in total. The van der Waals surface area contributed by atoms with Crippen molar-refractivity contribution in [2.75, 3.05) is 6.54 Å². The van der Waals surface area contributed by atoms with Crippen molar-refractivity contribution in [2.45, 2.75) is 19.4 Å². The van der Waals surface area contributed by atoms with E-state index in [0.717, 1.165) is 0 Å². The van der Waals surface area contributed by atoms with Crippen LogP contribution in [0, 0.1) is 11.3 Å². The summed E-state index contributed by atoms with van der Waals surface area (Å²) in [4.78, 5) is 23.3. The first kappa shape index (κ1) is 8.53. The zero-order valence-electron chi connectivity index (χ0n) is 6.92. The third-order valence-electron chi connectivity index (χ3n) is 1.92. The second-order valence-corrected chi connectivity index (χ2v) is 3.06. The van der Waals surface area contributed by atoms with E-state index in [2.05, 4.69) is 5.32 Å². The van der Waals surface area contributed by atoms with Crippen molar-refractivity contribution in [3.05, 3.63) is 0 Å². The van der Waals surface area contributed by atoms with Crippen LogP contribution in [0.1, 0.15) is 13.8 Å². The maximum Gasteiger partial charge on any atom is 0.325 e. The molecule has 64 valence electrons. The molecule has 1 heterocycles. The highest BCUT2D eigenvalue weighted by Crippen LogP contribution is 2.19. The maximum atomic E-state index is 11.1. The molecule has 0 saturated carbocycles. The van der Waals surface area contributed by atoms with Gasteiger partial charge in [0, 0.05) is 0 Å². The van der Waals surface area contributed by atoms with Crippen molar-refractivity contribution in [1.82, 2.24) is 10.2 Å². The molecule has 0 spiro atoms. The minimum atomic E-state index is -0.896. The van der Waals surface area contributed by atoms with Gasteiger partial charge in [-0.15, -0.1) is 0 Å². The zero-order chi connectivity index (χ0) is 9.35. The molecule has 1 aliphatic rings. The van der Waals surface area contributed by atoms with E-state index in [-0.39, 0.29) is 12.5 Å². The number of amides is 3. The van der Waals surface area contributed by atoms with Crippen molar-refractivity contribution in [3.8, 4) is 6.07 Å². The van der Waals surface area contributed by atoms with E-state index in [0.29, 0.717) is 0 Å². The molecular formula is C7H9N3O2. The van der Waals surface area contributed by atoms with Crippen LogP contribution in [0.4, 0.5) is 4.79 Å². The number of carbonyl (C=O) groups is 2. The molecule has 0 bridgehead atoms. The van der Waals surface area contributed by atoms with Gasteiger partial charge >= 0.3 is 6.03 Å². The van der Waals surface area contributed by atoms with Crippen molar-refractivity contribution >= 4 is 11.9 Å². The number of urea groups is 1. The Morgan fingerprint density at radius 2 is 2.17 bits per heavy atom. The highest BCUT2D eigenvalue weighted by atomic mass is 16.2. The van der Waals surface area contributed by atoms with Gasteiger partial charge in [-0.2, -0.15) is 5.26 Å². The summed E-state index contributed by atoms with van der Waals surface area (Å²) in [6.45, 7) is 3.14. The molecular weight excluding hydrogens is 158 g/mol. The van der Waals surface area contributed by atoms with Crippen molar-refractivity contribution < 1.29 is 9.59 Å². The van der Waals surface area contributed by atoms with Crippen LogP contribution in [0.2, 0.25) is 0 Å². The number of nitrogens with one attached hydrogen (secondary N) is 1. The van der Waals surface area contributed by atoms with E-state index in [1.807, 2.05) is 6.07 Å². The Labute approximate surface area is 69.9 Å². The fourth-order valence-corrected chi connectivity index (χ4v) is 1.03. The zero-order valence-corrected chi connectivity index (χ0v) is 6.92. The Bertz CT molecular complexity index is 277. The number of nitriles is 1. The van der Waals surface area contributed by atoms with Gasteiger partial charge in [0.25, 0.3) is 5.91 Å². The molecule has 0 aromatic rings. The van der Waals surface area contributed by atoms with Crippen molar-refractivity contribution in [1.29, 1.82) is 5.26 Å². The summed E-state index contributed by atoms with van der Waals surface area (Å²) >= 11 is 0. The third kappa shape index (κ3) is 1.01. The highest BCUT2D eigenvalue weighted by molar-refractivity contribution is 6.06. The predicted molar refractivity (Wildman–Crippen MR) is 39.9 cm³/mol. The van der Waals surface area contributed by atoms with Gasteiger partial charge in [0.15, 0.2) is 0 Å². The Hall–Kier alpha value is -1.57. The third-order valence-corrected chi connectivity index (χ3v) is 1.92. The topological polar surface area (TPSA) is 73.2 Å². The Balaban J connectivity index is 2.92. The minimum absolute atomic E-state index is 0.0649. The SMILES string of the molecule is CC1(C)C(=O)NC(=O)N1CC#N. The van der Waals surface area contributed by atoms with Gasteiger partial charge in [-0.05, 0) is 13.8 Å². The summed E-state index contributed by atoms with van der Waals surface area (Å²) in [5.74, 6) is -0.359. The summed E-state index contributed by atoms with van der Waals surface area (Å²) in [5.41, 5.74) is -0.896. The molecule has 1 rings (SSSR count). The standard InChI is InChI=1S/C7H9N3O2/c1-7(2)5(11)9-6(12)10(7)4-3-8/h4H2,1-2H3,(H,9,11,12). The molecule has 12 heavy (non-hydrogen) atoms. The van der Waals surface area contributed by atoms with Gasteiger partial charge in [0.2, 0.25) is 0 Å². The summed E-state index contributed by atoms with van der Waals surface area (Å²) in [5, 5.41) is 10.5. The lowest BCUT2D eigenvalue weighted by Gasteiger charge is -2.24. The summed E-state index contributed by atoms with van der Waals surface area (Å²) in [7, 11) is 0. The monoisotopic (exact) mass is 167 g/mol. The average molecular weight is 167 g/mol. The lowest BCUT2D eigenvalue weighted by atomic mass is 10.1. The molecule has 0 radical (unpaired) electrons. The van der Waals surface area contributed by atoms with Crippen LogP contribution in [0.3, 0.4) is 0 Å². The molecule has 0 aromatic heterocycles. The van der Waals surface area contributed by atoms with Crippen molar-refractivity contribution in [3.63, 3.8) is 0 Å². The molecule has 0 aliphatic carbocycles. The van der Waals surface area contributed by atoms with Gasteiger partial charge in [-0.3, -0.25) is 15.0 Å². The number of rotatable bonds is 1. The molecule has 1 aliphatic heterocycles. The van der Waals surface area contributed by atoms with Crippen molar-refractivity contribution in [2.24, 2.45) is 0 Å². The fourth-order valence-electron chi connectivity index (χ4n) is 1.03. The number of hydrogen-bond acceptors (Lipinski definition) is 3. The summed E-state index contributed by atoms with van der Waals surface area (Å²) < 4.78 is 0. The van der Waals surface area contributed by atoms with E-state index < -0.39 is 11.6 Å². The molecule has 1 saturated heterocycles. The Kier molecular flexibility index (Phi) is 1.76. The molecule has 0 unspecified atom stereocenters. The highest BCUT2D eigenvalue weighted by Gasteiger charge is 2.45. The predicted octanol–water partition coefficient (Wildman–Crippen LogP) is -0.160. The number of carbonyl (C=O) groups excluding carboxylic acids is 2. The second kappa shape index (κ2) is 2.48. The average Bonchev–Trinajstić information content (AvgIpc) is 2.14. The first-order valence-corrected chi connectivity index (χ1v) is 3.50. The largest absolute Gasteiger partial charge is 0.325 e. The first-order valence-electron chi connectivity index (χ1n) is 3.50. The first-order chi connectivity index (χ1) is 5.50. The van der Waals surface area contributed by atoms with Crippen LogP contribution in [0.5, 0.6) is 0 Å². The van der Waals surface area contributed by atoms with E-state index in [4.69, 9.17) is 5.26 Å². The van der Waals surface area contributed by atoms with Crippen LogP contribution >= 0.6 is 0 Å². The smallest absolute Gasteiger partial charge is 0.297 e. The lowest BCUT2D eigenvalue weighted by Crippen LogP contribution is -2.44. The molecule has 0 aromatic carbocycles. The molecule has 1 N–H and O–H groups in total. The summed E-state index contributed by atoms with van der Waals surface area (Å²) in [6.07, 6.45) is 0. The van der Waals surface area contributed by atoms with Crippen LogP contribution in [0.15, 0.2) is 0 Å². The lowest BCUT2D eigenvalue weighted by molar-refractivity contribution is -0.124. The van der Waals surface area contributed by atoms with Gasteiger partial charge < -0.3 is 0 Å². The number of nitrogens with zero attached hydrogens (tertiary/aromatic N) is 2. The van der Waals surface area contributed by atoms with E-state index in [1.165, 1.54) is 4.90 Å². The van der Waals surface area contributed by atoms with Crippen LogP contribution < -0.4 is 5.32 Å². The van der Waals surface area contributed by atoms with Gasteiger partial charge in [-0.25, -0.2) is 4.79 Å². The van der Waals surface area contributed by atoms with Gasteiger partial charge in [-0.1, -0.05) is 0 Å². The van der Waals surface area contributed by atoms with Crippen LogP contribution in [0.25, 0.3) is 0 Å². The van der Waals surface area contributed by atoms with E-state index in [1.54, 1.807) is 13.8 Å². The number of hydrogen-bond donors (Lipinski definition) is 1. The van der Waals surface area contributed by atoms with Gasteiger partial charge in [0.05, 0.1) is 6.07 Å². The fraction of sp³-hybridized carbons (Fsp3) is 0.571. The molecule has 5 heteroatoms. The normalized spacial score (nSPS) is 20.6. The second-order valence-electron chi connectivity index (χ2n) is 3.06. The number of imide groups is 1.